The van der Waals surface area contributed by atoms with Gasteiger partial charge in [0.1, 0.15) is 6.61 Å². The maximum absolute atomic E-state index is 13.4. The van der Waals surface area contributed by atoms with Gasteiger partial charge in [-0.25, -0.2) is 4.79 Å². The van der Waals surface area contributed by atoms with Gasteiger partial charge >= 0.3 is 6.09 Å². The molecule has 2 bridgehead atoms. The topological polar surface area (TPSA) is 29.5 Å². The number of amides is 1. The Bertz CT molecular complexity index is 1190. The Labute approximate surface area is 208 Å². The van der Waals surface area contributed by atoms with Gasteiger partial charge in [0.05, 0.1) is 6.04 Å². The third kappa shape index (κ3) is 4.40. The first-order valence-electron chi connectivity index (χ1n) is 13.1. The number of piperidine rings is 1. The monoisotopic (exact) mass is 463 g/mol. The number of carbonyl (C=O) groups excluding carboxylic acids is 1. The van der Waals surface area contributed by atoms with Gasteiger partial charge in [0.2, 0.25) is 0 Å². The number of benzene rings is 3. The van der Waals surface area contributed by atoms with Gasteiger partial charge in [0.15, 0.2) is 0 Å². The molecule has 3 nitrogen and oxygen atoms in total. The number of carbonyl (C=O) groups is 1. The lowest BCUT2D eigenvalue weighted by molar-refractivity contribution is 0.0507. The minimum absolute atomic E-state index is 0.111. The fourth-order valence-electron chi connectivity index (χ4n) is 6.42. The van der Waals surface area contributed by atoms with E-state index in [1.54, 1.807) is 0 Å². The number of nitrogens with zero attached hydrogens (tertiary/aromatic N) is 1. The van der Waals surface area contributed by atoms with Crippen LogP contribution in [0.15, 0.2) is 90.5 Å². The average Bonchev–Trinajstić information content (AvgIpc) is 3.21. The van der Waals surface area contributed by atoms with E-state index in [9.17, 15) is 4.79 Å². The molecule has 1 saturated heterocycles. The van der Waals surface area contributed by atoms with Crippen LogP contribution >= 0.6 is 0 Å². The predicted molar refractivity (Wildman–Crippen MR) is 140 cm³/mol. The first kappa shape index (κ1) is 22.2. The molecule has 0 N–H and O–H groups in total. The molecule has 3 heteroatoms. The molecule has 1 fully saturated rings. The van der Waals surface area contributed by atoms with Gasteiger partial charge in [0, 0.05) is 12.0 Å². The molecule has 1 amide bonds. The fraction of sp³-hybridized carbons (Fsp3) is 0.344. The van der Waals surface area contributed by atoms with Gasteiger partial charge in [-0.3, -0.25) is 4.90 Å². The molecule has 178 valence electrons. The highest BCUT2D eigenvalue weighted by atomic mass is 16.6. The van der Waals surface area contributed by atoms with Crippen molar-refractivity contribution in [3.63, 3.8) is 0 Å². The molecule has 3 aromatic carbocycles. The van der Waals surface area contributed by atoms with Crippen LogP contribution in [0.1, 0.15) is 61.1 Å². The highest BCUT2D eigenvalue weighted by Crippen LogP contribution is 2.45. The molecule has 2 aliphatic heterocycles. The van der Waals surface area contributed by atoms with Crippen LogP contribution in [-0.4, -0.2) is 29.7 Å². The highest BCUT2D eigenvalue weighted by molar-refractivity contribution is 5.79. The van der Waals surface area contributed by atoms with Gasteiger partial charge in [-0.1, -0.05) is 90.5 Å². The summed E-state index contributed by atoms with van der Waals surface area (Å²) in [5.74, 6) is 0.111. The van der Waals surface area contributed by atoms with Crippen LogP contribution in [0.25, 0.3) is 11.1 Å². The smallest absolute Gasteiger partial charge is 0.410 e. The zero-order chi connectivity index (χ0) is 23.6. The Balaban J connectivity index is 1.11. The van der Waals surface area contributed by atoms with Gasteiger partial charge in [-0.05, 0) is 72.8 Å². The minimum atomic E-state index is -0.138. The third-order valence-electron chi connectivity index (χ3n) is 8.07. The van der Waals surface area contributed by atoms with Crippen LogP contribution < -0.4 is 0 Å². The van der Waals surface area contributed by atoms with E-state index >= 15 is 0 Å². The number of fused-ring (bicyclic) bond motifs is 5. The second-order valence-corrected chi connectivity index (χ2v) is 10.2. The van der Waals surface area contributed by atoms with Crippen molar-refractivity contribution < 1.29 is 9.53 Å². The first-order chi connectivity index (χ1) is 17.3. The van der Waals surface area contributed by atoms with Gasteiger partial charge in [0.25, 0.3) is 0 Å². The fourth-order valence-corrected chi connectivity index (χ4v) is 6.42. The Morgan fingerprint density at radius 1 is 0.829 bits per heavy atom. The molecule has 0 spiro atoms. The molecule has 35 heavy (non-hydrogen) atoms. The lowest BCUT2D eigenvalue weighted by Gasteiger charge is -2.44. The average molecular weight is 464 g/mol. The van der Waals surface area contributed by atoms with Gasteiger partial charge in [-0.15, -0.1) is 0 Å². The standard InChI is InChI=1S/C32H33NO2/c34-32(35-22-31-29-18-6-4-16-27(29)28-17-5-7-19-30(28)31)33-25-14-9-15-26(33)21-24(20-25)13-8-12-23-10-2-1-3-11-23/h1-7,10-11,16-20,25-26,31H,8-9,12-15,21-22H2. The second kappa shape index (κ2) is 9.73. The lowest BCUT2D eigenvalue weighted by atomic mass is 9.84. The maximum Gasteiger partial charge on any atom is 0.410 e. The zero-order valence-corrected chi connectivity index (χ0v) is 20.2. The summed E-state index contributed by atoms with van der Waals surface area (Å²) in [7, 11) is 0. The summed E-state index contributed by atoms with van der Waals surface area (Å²) in [6.07, 6.45) is 9.96. The molecule has 2 unspecified atom stereocenters. The molecule has 3 aromatic rings. The molecule has 0 saturated carbocycles. The lowest BCUT2D eigenvalue weighted by Crippen LogP contribution is -2.52. The van der Waals surface area contributed by atoms with Crippen molar-refractivity contribution in [2.45, 2.75) is 62.9 Å². The Kier molecular flexibility index (Phi) is 6.16. The van der Waals surface area contributed by atoms with Crippen molar-refractivity contribution >= 4 is 6.09 Å². The van der Waals surface area contributed by atoms with Crippen LogP contribution in [-0.2, 0) is 11.2 Å². The van der Waals surface area contributed by atoms with Gasteiger partial charge < -0.3 is 4.74 Å². The maximum atomic E-state index is 13.4. The minimum Gasteiger partial charge on any atom is -0.448 e. The second-order valence-electron chi connectivity index (χ2n) is 10.2. The van der Waals surface area contributed by atoms with Crippen molar-refractivity contribution in [1.82, 2.24) is 4.90 Å². The van der Waals surface area contributed by atoms with Crippen LogP contribution in [0, 0.1) is 0 Å². The summed E-state index contributed by atoms with van der Waals surface area (Å²) in [6.45, 7) is 0.399. The number of ether oxygens (including phenoxy) is 1. The van der Waals surface area contributed by atoms with Crippen LogP contribution in [0.5, 0.6) is 0 Å². The largest absolute Gasteiger partial charge is 0.448 e. The van der Waals surface area contributed by atoms with E-state index in [0.717, 1.165) is 32.1 Å². The molecule has 3 aliphatic rings. The molecule has 2 heterocycles. The van der Waals surface area contributed by atoms with E-state index in [0.29, 0.717) is 6.61 Å². The van der Waals surface area contributed by atoms with E-state index in [1.165, 1.54) is 46.2 Å². The number of aryl methyl sites for hydroxylation is 1. The normalized spacial score (nSPS) is 20.7. The van der Waals surface area contributed by atoms with E-state index < -0.39 is 0 Å². The van der Waals surface area contributed by atoms with Crippen molar-refractivity contribution in [1.29, 1.82) is 0 Å². The van der Waals surface area contributed by atoms with E-state index in [4.69, 9.17) is 4.74 Å². The summed E-state index contributed by atoms with van der Waals surface area (Å²) in [5, 5.41) is 0. The first-order valence-corrected chi connectivity index (χ1v) is 13.1. The Hall–Kier alpha value is -3.33. The van der Waals surface area contributed by atoms with E-state index in [2.05, 4.69) is 89.8 Å². The third-order valence-corrected chi connectivity index (χ3v) is 8.07. The predicted octanol–water partition coefficient (Wildman–Crippen LogP) is 7.51. The van der Waals surface area contributed by atoms with Crippen LogP contribution in [0.2, 0.25) is 0 Å². The summed E-state index contributed by atoms with van der Waals surface area (Å²) >= 11 is 0. The van der Waals surface area contributed by atoms with Crippen molar-refractivity contribution in [3.05, 3.63) is 107 Å². The summed E-state index contributed by atoms with van der Waals surface area (Å²) in [5.41, 5.74) is 7.99. The molecule has 0 aromatic heterocycles. The Morgan fingerprint density at radius 3 is 2.23 bits per heavy atom. The molecule has 2 atom stereocenters. The van der Waals surface area contributed by atoms with Crippen LogP contribution in [0.4, 0.5) is 4.79 Å². The molecule has 0 radical (unpaired) electrons. The van der Waals surface area contributed by atoms with E-state index in [-0.39, 0.29) is 24.1 Å². The van der Waals surface area contributed by atoms with Crippen molar-refractivity contribution in [2.75, 3.05) is 6.61 Å². The van der Waals surface area contributed by atoms with Crippen LogP contribution in [0.3, 0.4) is 0 Å². The number of hydrogen-bond acceptors (Lipinski definition) is 2. The van der Waals surface area contributed by atoms with Crippen molar-refractivity contribution in [3.8, 4) is 11.1 Å². The number of hydrogen-bond donors (Lipinski definition) is 0. The SMILES string of the molecule is O=C(OCC1c2ccccc2-c2ccccc21)N1C2C=C(CCCc3ccccc3)CC1CCC2. The molecule has 6 rings (SSSR count). The number of rotatable bonds is 6. The van der Waals surface area contributed by atoms with Gasteiger partial charge in [-0.2, -0.15) is 0 Å². The Morgan fingerprint density at radius 2 is 1.51 bits per heavy atom. The quantitative estimate of drug-likeness (QED) is 0.354. The molecular formula is C32H33NO2. The van der Waals surface area contributed by atoms with E-state index in [1.807, 2.05) is 0 Å². The molecule has 1 aliphatic carbocycles. The summed E-state index contributed by atoms with van der Waals surface area (Å²) in [4.78, 5) is 15.4. The summed E-state index contributed by atoms with van der Waals surface area (Å²) in [6, 6.07) is 28.2. The highest BCUT2D eigenvalue weighted by Gasteiger charge is 2.38. The zero-order valence-electron chi connectivity index (χ0n) is 20.2. The summed E-state index contributed by atoms with van der Waals surface area (Å²) < 4.78 is 6.05. The molecular weight excluding hydrogens is 430 g/mol. The van der Waals surface area contributed by atoms with Crippen molar-refractivity contribution in [2.24, 2.45) is 0 Å².